The summed E-state index contributed by atoms with van der Waals surface area (Å²) in [6, 6.07) is 7.99. The van der Waals surface area contributed by atoms with Crippen molar-refractivity contribution in [3.05, 3.63) is 24.3 Å². The molecule has 2 saturated heterocycles. The van der Waals surface area contributed by atoms with Crippen molar-refractivity contribution in [2.75, 3.05) is 44.3 Å². The third-order valence-electron chi connectivity index (χ3n) is 4.33. The van der Waals surface area contributed by atoms with E-state index >= 15 is 0 Å². The monoisotopic (exact) mass is 311 g/mol. The van der Waals surface area contributed by atoms with E-state index in [0.717, 1.165) is 62.1 Å². The Morgan fingerprint density at radius 3 is 2.39 bits per heavy atom. The molecule has 0 bridgehead atoms. The number of aromatic nitrogens is 2. The number of para-hydroxylation sites is 2. The van der Waals surface area contributed by atoms with Crippen molar-refractivity contribution >= 4 is 29.0 Å². The summed E-state index contributed by atoms with van der Waals surface area (Å²) in [5.41, 5.74) is 1.82. The fourth-order valence-corrected chi connectivity index (χ4v) is 3.04. The molecule has 3 heterocycles. The van der Waals surface area contributed by atoms with Gasteiger partial charge in [0.05, 0.1) is 30.6 Å². The molecule has 2 aliphatic heterocycles. The van der Waals surface area contributed by atoms with Crippen molar-refractivity contribution in [1.29, 1.82) is 0 Å². The molecule has 0 unspecified atom stereocenters. The van der Waals surface area contributed by atoms with E-state index in [1.54, 1.807) is 0 Å². The van der Waals surface area contributed by atoms with Crippen LogP contribution >= 0.6 is 0 Å². The normalized spacial score (nSPS) is 19.1. The van der Waals surface area contributed by atoms with Crippen molar-refractivity contribution in [2.24, 2.45) is 4.99 Å². The molecular formula is C17H21N5O. The predicted octanol–water partition coefficient (Wildman–Crippen LogP) is 2.22. The molecule has 6 heteroatoms. The van der Waals surface area contributed by atoms with Gasteiger partial charge in [-0.1, -0.05) is 12.1 Å². The van der Waals surface area contributed by atoms with Gasteiger partial charge in [-0.15, -0.1) is 0 Å². The first kappa shape index (κ1) is 14.4. The van der Waals surface area contributed by atoms with E-state index in [2.05, 4.69) is 14.8 Å². The summed E-state index contributed by atoms with van der Waals surface area (Å²) in [6.07, 6.45) is 4.31. The summed E-state index contributed by atoms with van der Waals surface area (Å²) in [7, 11) is 0. The number of nitrogens with zero attached hydrogens (tertiary/aromatic N) is 5. The van der Waals surface area contributed by atoms with Crippen molar-refractivity contribution in [3.8, 4) is 0 Å². The third-order valence-corrected chi connectivity index (χ3v) is 4.33. The molecule has 1 aromatic carbocycles. The van der Waals surface area contributed by atoms with Gasteiger partial charge in [-0.25, -0.2) is 15.0 Å². The number of aliphatic imine (C=N–C) groups is 1. The second-order valence-electron chi connectivity index (χ2n) is 5.95. The Balaban J connectivity index is 1.69. The van der Waals surface area contributed by atoms with E-state index in [4.69, 9.17) is 14.7 Å². The molecule has 0 spiro atoms. The van der Waals surface area contributed by atoms with E-state index in [1.165, 1.54) is 12.8 Å². The summed E-state index contributed by atoms with van der Waals surface area (Å²) in [4.78, 5) is 18.7. The van der Waals surface area contributed by atoms with Crippen molar-refractivity contribution < 1.29 is 4.74 Å². The molecule has 4 rings (SSSR count). The maximum atomic E-state index is 5.37. The fourth-order valence-electron chi connectivity index (χ4n) is 3.04. The average molecular weight is 311 g/mol. The maximum Gasteiger partial charge on any atom is 0.197 e. The highest BCUT2D eigenvalue weighted by atomic mass is 16.5. The van der Waals surface area contributed by atoms with Gasteiger partial charge in [0.2, 0.25) is 0 Å². The van der Waals surface area contributed by atoms with Crippen LogP contribution in [0.5, 0.6) is 0 Å². The Labute approximate surface area is 135 Å². The van der Waals surface area contributed by atoms with Gasteiger partial charge < -0.3 is 14.5 Å². The van der Waals surface area contributed by atoms with Crippen LogP contribution < -0.4 is 4.90 Å². The van der Waals surface area contributed by atoms with Crippen molar-refractivity contribution in [3.63, 3.8) is 0 Å². The van der Waals surface area contributed by atoms with Crippen LogP contribution in [0.25, 0.3) is 11.0 Å². The van der Waals surface area contributed by atoms with Gasteiger partial charge in [-0.2, -0.15) is 0 Å². The second-order valence-corrected chi connectivity index (χ2v) is 5.95. The molecular weight excluding hydrogens is 290 g/mol. The van der Waals surface area contributed by atoms with Crippen LogP contribution in [-0.2, 0) is 4.74 Å². The van der Waals surface area contributed by atoms with Crippen molar-refractivity contribution in [1.82, 2.24) is 14.9 Å². The average Bonchev–Trinajstić information content (AvgIpc) is 3.14. The first-order valence-electron chi connectivity index (χ1n) is 8.28. The number of benzene rings is 1. The summed E-state index contributed by atoms with van der Waals surface area (Å²) >= 11 is 0. The topological polar surface area (TPSA) is 53.9 Å². The zero-order valence-corrected chi connectivity index (χ0v) is 13.2. The second kappa shape index (κ2) is 6.50. The molecule has 0 amide bonds. The zero-order valence-electron chi connectivity index (χ0n) is 13.2. The molecule has 120 valence electrons. The van der Waals surface area contributed by atoms with E-state index in [0.29, 0.717) is 0 Å². The summed E-state index contributed by atoms with van der Waals surface area (Å²) in [5, 5.41) is 0. The third kappa shape index (κ3) is 3.12. The Kier molecular flexibility index (Phi) is 4.06. The number of anilines is 1. The van der Waals surface area contributed by atoms with E-state index in [-0.39, 0.29) is 0 Å². The summed E-state index contributed by atoms with van der Waals surface area (Å²) < 4.78 is 5.37. The highest BCUT2D eigenvalue weighted by Gasteiger charge is 2.19. The Morgan fingerprint density at radius 1 is 0.957 bits per heavy atom. The van der Waals surface area contributed by atoms with Gasteiger partial charge in [-0.3, -0.25) is 0 Å². The van der Waals surface area contributed by atoms with Crippen LogP contribution in [-0.4, -0.2) is 60.6 Å². The fraction of sp³-hybridized carbons (Fsp3) is 0.471. The number of fused-ring (bicyclic) bond motifs is 1. The molecule has 2 aromatic rings. The van der Waals surface area contributed by atoms with Gasteiger partial charge in [0.1, 0.15) is 0 Å². The highest BCUT2D eigenvalue weighted by Crippen LogP contribution is 2.29. The molecule has 6 nitrogen and oxygen atoms in total. The molecule has 1 aromatic heterocycles. The van der Waals surface area contributed by atoms with E-state index in [9.17, 15) is 0 Å². The lowest BCUT2D eigenvalue weighted by Gasteiger charge is -2.24. The van der Waals surface area contributed by atoms with Gasteiger partial charge in [0, 0.05) is 26.2 Å². The molecule has 0 saturated carbocycles. The highest BCUT2D eigenvalue weighted by molar-refractivity contribution is 5.80. The van der Waals surface area contributed by atoms with E-state index < -0.39 is 0 Å². The standard InChI is InChI=1S/C17H21N5O/c1-2-6-15-14(5-1)19-16(17(20-15)22-7-3-4-8-22)18-13-21-9-11-23-12-10-21/h1-2,5-6,13H,3-4,7-12H2. The minimum Gasteiger partial charge on any atom is -0.378 e. The lowest BCUT2D eigenvalue weighted by molar-refractivity contribution is 0.0701. The first-order valence-corrected chi connectivity index (χ1v) is 8.28. The predicted molar refractivity (Wildman–Crippen MR) is 91.5 cm³/mol. The number of ether oxygens (including phenoxy) is 1. The number of morpholine rings is 1. The maximum absolute atomic E-state index is 5.37. The van der Waals surface area contributed by atoms with Crippen LogP contribution in [0.1, 0.15) is 12.8 Å². The van der Waals surface area contributed by atoms with E-state index in [1.807, 2.05) is 30.6 Å². The molecule has 0 N–H and O–H groups in total. The van der Waals surface area contributed by atoms with Crippen LogP contribution in [0.2, 0.25) is 0 Å². The van der Waals surface area contributed by atoms with Gasteiger partial charge in [0.25, 0.3) is 0 Å². The number of hydrogen-bond acceptors (Lipinski definition) is 5. The quantitative estimate of drug-likeness (QED) is 0.642. The van der Waals surface area contributed by atoms with Crippen LogP contribution in [0.15, 0.2) is 29.3 Å². The molecule has 2 aliphatic rings. The van der Waals surface area contributed by atoms with Crippen LogP contribution in [0.3, 0.4) is 0 Å². The molecule has 0 atom stereocenters. The molecule has 0 aliphatic carbocycles. The molecule has 0 radical (unpaired) electrons. The van der Waals surface area contributed by atoms with Crippen molar-refractivity contribution in [2.45, 2.75) is 12.8 Å². The summed E-state index contributed by atoms with van der Waals surface area (Å²) in [6.45, 7) is 5.34. The minimum atomic E-state index is 0.720. The van der Waals surface area contributed by atoms with Gasteiger partial charge >= 0.3 is 0 Å². The smallest absolute Gasteiger partial charge is 0.197 e. The Morgan fingerprint density at radius 2 is 1.65 bits per heavy atom. The lowest BCUT2D eigenvalue weighted by atomic mass is 10.3. The first-order chi connectivity index (χ1) is 11.4. The lowest BCUT2D eigenvalue weighted by Crippen LogP contribution is -2.35. The number of rotatable bonds is 3. The molecule has 23 heavy (non-hydrogen) atoms. The number of hydrogen-bond donors (Lipinski definition) is 0. The zero-order chi connectivity index (χ0) is 15.5. The van der Waals surface area contributed by atoms with Gasteiger partial charge in [0.15, 0.2) is 11.6 Å². The van der Waals surface area contributed by atoms with Gasteiger partial charge in [-0.05, 0) is 25.0 Å². The van der Waals surface area contributed by atoms with Crippen LogP contribution in [0.4, 0.5) is 11.6 Å². The van der Waals surface area contributed by atoms with Crippen LogP contribution in [0, 0.1) is 0 Å². The molecule has 2 fully saturated rings. The minimum absolute atomic E-state index is 0.720. The Hall–Kier alpha value is -2.21. The SMILES string of the molecule is C(=Nc1nc2ccccc2nc1N1CCCC1)N1CCOCC1. The largest absolute Gasteiger partial charge is 0.378 e. The summed E-state index contributed by atoms with van der Waals surface area (Å²) in [5.74, 6) is 1.63. The Bertz CT molecular complexity index is 705.